The van der Waals surface area contributed by atoms with Crippen molar-refractivity contribution >= 4 is 5.97 Å². The molecule has 0 aliphatic carbocycles. The first kappa shape index (κ1) is 20.4. The summed E-state index contributed by atoms with van der Waals surface area (Å²) in [7, 11) is 0. The molecular weight excluding hydrogens is 344 g/mol. The highest BCUT2D eigenvalue weighted by Gasteiger charge is 2.25. The number of carbonyl (C=O) groups excluding carboxylic acids is 1. The van der Waals surface area contributed by atoms with Gasteiger partial charge in [-0.3, -0.25) is 0 Å². The van der Waals surface area contributed by atoms with Gasteiger partial charge < -0.3 is 18.9 Å². The highest BCUT2D eigenvalue weighted by atomic mass is 16.6. The number of hydrogen-bond donors (Lipinski definition) is 0. The van der Waals surface area contributed by atoms with Crippen molar-refractivity contribution in [2.75, 3.05) is 19.8 Å². The first-order chi connectivity index (χ1) is 13.0. The second-order valence-corrected chi connectivity index (χ2v) is 5.74. The van der Waals surface area contributed by atoms with Crippen LogP contribution in [0.25, 0.3) is 11.1 Å². The lowest BCUT2D eigenvalue weighted by atomic mass is 10.0. The molecule has 144 valence electrons. The third kappa shape index (κ3) is 4.82. The maximum absolute atomic E-state index is 12.1. The van der Waals surface area contributed by atoms with E-state index in [2.05, 4.69) is 6.58 Å². The fourth-order valence-electron chi connectivity index (χ4n) is 2.57. The number of hydrogen-bond acceptors (Lipinski definition) is 5. The van der Waals surface area contributed by atoms with Crippen LogP contribution in [-0.4, -0.2) is 25.8 Å². The van der Waals surface area contributed by atoms with Crippen molar-refractivity contribution in [3.63, 3.8) is 0 Å². The largest absolute Gasteiger partial charge is 0.493 e. The van der Waals surface area contributed by atoms with E-state index in [1.165, 1.54) is 0 Å². The fraction of sp³-hybridized carbons (Fsp3) is 0.318. The lowest BCUT2D eigenvalue weighted by molar-refractivity contribution is -0.130. The fourth-order valence-corrected chi connectivity index (χ4v) is 2.57. The zero-order valence-electron chi connectivity index (χ0n) is 16.3. The van der Waals surface area contributed by atoms with Crippen LogP contribution in [0.1, 0.15) is 27.7 Å². The van der Waals surface area contributed by atoms with E-state index in [4.69, 9.17) is 18.9 Å². The summed E-state index contributed by atoms with van der Waals surface area (Å²) in [5.74, 6) is 1.13. The van der Waals surface area contributed by atoms with Crippen LogP contribution in [0.2, 0.25) is 0 Å². The van der Waals surface area contributed by atoms with Gasteiger partial charge in [0, 0.05) is 11.6 Å². The third-order valence-corrected chi connectivity index (χ3v) is 3.66. The molecule has 0 N–H and O–H groups in total. The van der Waals surface area contributed by atoms with Gasteiger partial charge in [-0.25, -0.2) is 4.79 Å². The Balaban J connectivity index is 2.75. The molecule has 0 bridgehead atoms. The van der Waals surface area contributed by atoms with Gasteiger partial charge in [-0.1, -0.05) is 36.9 Å². The molecular formula is C22H26O5. The first-order valence-corrected chi connectivity index (χ1v) is 9.05. The second kappa shape index (κ2) is 9.67. The number of benzene rings is 2. The summed E-state index contributed by atoms with van der Waals surface area (Å²) in [6.45, 7) is 12.1. The van der Waals surface area contributed by atoms with E-state index >= 15 is 0 Å². The number of ether oxygens (including phenoxy) is 4. The minimum Gasteiger partial charge on any atom is -0.493 e. The molecule has 0 fully saturated rings. The van der Waals surface area contributed by atoms with Gasteiger partial charge in [-0.15, -0.1) is 0 Å². The molecule has 0 spiro atoms. The normalized spacial score (nSPS) is 10.2. The molecule has 0 aliphatic heterocycles. The molecule has 0 aliphatic rings. The predicted molar refractivity (Wildman–Crippen MR) is 106 cm³/mol. The van der Waals surface area contributed by atoms with E-state index in [9.17, 15) is 4.79 Å². The molecule has 0 saturated heterocycles. The van der Waals surface area contributed by atoms with Crippen molar-refractivity contribution in [1.82, 2.24) is 0 Å². The molecule has 0 heterocycles. The average molecular weight is 370 g/mol. The number of esters is 1. The van der Waals surface area contributed by atoms with Gasteiger partial charge >= 0.3 is 5.97 Å². The number of rotatable bonds is 9. The van der Waals surface area contributed by atoms with Gasteiger partial charge in [0.2, 0.25) is 5.75 Å². The van der Waals surface area contributed by atoms with Crippen LogP contribution in [0.5, 0.6) is 23.0 Å². The standard InChI is InChI=1S/C22H26O5/c1-6-24-17-14-18(27-22(23)15(4)5)20(25-7-2)21(26-8-3)19(17)16-12-10-9-11-13-16/h9-14H,4,6-8H2,1-3,5H3. The summed E-state index contributed by atoms with van der Waals surface area (Å²) in [5, 5.41) is 0. The SMILES string of the molecule is C=C(C)C(=O)Oc1cc(OCC)c(-c2ccccc2)c(OCC)c1OCC. The Bertz CT molecular complexity index is 796. The van der Waals surface area contributed by atoms with Crippen LogP contribution in [0.4, 0.5) is 0 Å². The van der Waals surface area contributed by atoms with Crippen LogP contribution >= 0.6 is 0 Å². The van der Waals surface area contributed by atoms with E-state index in [1.54, 1.807) is 13.0 Å². The molecule has 0 saturated carbocycles. The molecule has 0 aromatic heterocycles. The predicted octanol–water partition coefficient (Wildman–Crippen LogP) is 5.03. The van der Waals surface area contributed by atoms with Crippen molar-refractivity contribution in [2.45, 2.75) is 27.7 Å². The monoisotopic (exact) mass is 370 g/mol. The summed E-state index contributed by atoms with van der Waals surface area (Å²) in [6.07, 6.45) is 0. The van der Waals surface area contributed by atoms with Gasteiger partial charge in [0.15, 0.2) is 11.5 Å². The second-order valence-electron chi connectivity index (χ2n) is 5.74. The Morgan fingerprint density at radius 3 is 2.04 bits per heavy atom. The molecule has 5 nitrogen and oxygen atoms in total. The lowest BCUT2D eigenvalue weighted by Crippen LogP contribution is -2.11. The van der Waals surface area contributed by atoms with Crippen molar-refractivity contribution in [3.8, 4) is 34.1 Å². The minimum atomic E-state index is -0.534. The smallest absolute Gasteiger partial charge is 0.338 e. The maximum atomic E-state index is 12.1. The van der Waals surface area contributed by atoms with Gasteiger partial charge in [0.1, 0.15) is 5.75 Å². The molecule has 2 aromatic carbocycles. The summed E-state index contributed by atoms with van der Waals surface area (Å²) in [4.78, 5) is 12.1. The Kier molecular flexibility index (Phi) is 7.29. The molecule has 0 unspecified atom stereocenters. The van der Waals surface area contributed by atoms with Gasteiger partial charge in [0.05, 0.1) is 25.4 Å². The Hall–Kier alpha value is -2.95. The summed E-state index contributed by atoms with van der Waals surface area (Å²) >= 11 is 0. The van der Waals surface area contributed by atoms with Crippen molar-refractivity contribution in [1.29, 1.82) is 0 Å². The molecule has 0 atom stereocenters. The van der Waals surface area contributed by atoms with Crippen LogP contribution in [0.3, 0.4) is 0 Å². The third-order valence-electron chi connectivity index (χ3n) is 3.66. The van der Waals surface area contributed by atoms with Crippen LogP contribution < -0.4 is 18.9 Å². The van der Waals surface area contributed by atoms with Gasteiger partial charge in [-0.2, -0.15) is 0 Å². The average Bonchev–Trinajstić information content (AvgIpc) is 2.65. The Morgan fingerprint density at radius 1 is 0.889 bits per heavy atom. The molecule has 5 heteroatoms. The van der Waals surface area contributed by atoms with E-state index < -0.39 is 5.97 Å². The molecule has 2 rings (SSSR count). The van der Waals surface area contributed by atoms with Gasteiger partial charge in [0.25, 0.3) is 0 Å². The lowest BCUT2D eigenvalue weighted by Gasteiger charge is -2.21. The van der Waals surface area contributed by atoms with Crippen molar-refractivity contribution < 1.29 is 23.7 Å². The summed E-state index contributed by atoms with van der Waals surface area (Å²) < 4.78 is 23.1. The molecule has 2 aromatic rings. The number of carbonyl (C=O) groups is 1. The highest BCUT2D eigenvalue weighted by Crippen LogP contribution is 2.50. The van der Waals surface area contributed by atoms with Crippen molar-refractivity contribution in [3.05, 3.63) is 48.6 Å². The minimum absolute atomic E-state index is 0.247. The van der Waals surface area contributed by atoms with Crippen LogP contribution in [0, 0.1) is 0 Å². The van der Waals surface area contributed by atoms with E-state index in [0.717, 1.165) is 11.1 Å². The molecule has 0 amide bonds. The maximum Gasteiger partial charge on any atom is 0.338 e. The Labute approximate surface area is 160 Å². The summed E-state index contributed by atoms with van der Waals surface area (Å²) in [5.41, 5.74) is 1.97. The summed E-state index contributed by atoms with van der Waals surface area (Å²) in [6, 6.07) is 11.4. The van der Waals surface area contributed by atoms with Crippen LogP contribution in [0.15, 0.2) is 48.6 Å². The topological polar surface area (TPSA) is 54.0 Å². The van der Waals surface area contributed by atoms with Gasteiger partial charge in [-0.05, 0) is 33.3 Å². The zero-order chi connectivity index (χ0) is 19.8. The van der Waals surface area contributed by atoms with E-state index in [-0.39, 0.29) is 5.75 Å². The van der Waals surface area contributed by atoms with E-state index in [0.29, 0.717) is 42.6 Å². The highest BCUT2D eigenvalue weighted by molar-refractivity contribution is 5.90. The van der Waals surface area contributed by atoms with Crippen molar-refractivity contribution in [2.24, 2.45) is 0 Å². The first-order valence-electron chi connectivity index (χ1n) is 9.05. The zero-order valence-corrected chi connectivity index (χ0v) is 16.3. The Morgan fingerprint density at radius 2 is 1.48 bits per heavy atom. The quantitative estimate of drug-likeness (QED) is 0.352. The van der Waals surface area contributed by atoms with E-state index in [1.807, 2.05) is 51.1 Å². The molecule has 27 heavy (non-hydrogen) atoms. The molecule has 0 radical (unpaired) electrons. The van der Waals surface area contributed by atoms with Crippen LogP contribution in [-0.2, 0) is 4.79 Å².